The van der Waals surface area contributed by atoms with E-state index in [-0.39, 0.29) is 11.1 Å². The lowest BCUT2D eigenvalue weighted by atomic mass is 10.1. The highest BCUT2D eigenvalue weighted by molar-refractivity contribution is 5.81. The Morgan fingerprint density at radius 1 is 0.950 bits per heavy atom. The Hall–Kier alpha value is -5.06. The molecular formula is C29H27N3O8. The largest absolute Gasteiger partial charge is 0.493 e. The van der Waals surface area contributed by atoms with Crippen LogP contribution in [0.3, 0.4) is 0 Å². The lowest BCUT2D eigenvalue weighted by molar-refractivity contribution is -0.384. The predicted octanol–water partition coefficient (Wildman–Crippen LogP) is 5.60. The summed E-state index contributed by atoms with van der Waals surface area (Å²) in [6.07, 6.45) is 3.27. The highest BCUT2D eigenvalue weighted by Crippen LogP contribution is 2.41. The van der Waals surface area contributed by atoms with Crippen molar-refractivity contribution in [2.24, 2.45) is 0 Å². The van der Waals surface area contributed by atoms with Crippen LogP contribution in [0, 0.1) is 10.1 Å². The maximum atomic E-state index is 12.8. The van der Waals surface area contributed by atoms with Crippen molar-refractivity contribution in [3.8, 4) is 34.3 Å². The average molecular weight is 546 g/mol. The average Bonchev–Trinajstić information content (AvgIpc) is 3.38. The first kappa shape index (κ1) is 26.5. The Morgan fingerprint density at radius 2 is 1.73 bits per heavy atom. The zero-order chi connectivity index (χ0) is 28.2. The van der Waals surface area contributed by atoms with Gasteiger partial charge in [0.2, 0.25) is 5.75 Å². The Labute approximate surface area is 228 Å². The van der Waals surface area contributed by atoms with Crippen LogP contribution in [0.15, 0.2) is 70.1 Å². The molecular weight excluding hydrogens is 518 g/mol. The van der Waals surface area contributed by atoms with Crippen LogP contribution in [-0.2, 0) is 6.54 Å². The first-order valence-electron chi connectivity index (χ1n) is 12.5. The van der Waals surface area contributed by atoms with Gasteiger partial charge in [-0.1, -0.05) is 0 Å². The summed E-state index contributed by atoms with van der Waals surface area (Å²) in [6, 6.07) is 14.7. The van der Waals surface area contributed by atoms with Gasteiger partial charge in [0.1, 0.15) is 17.1 Å². The highest BCUT2D eigenvalue weighted by Gasteiger charge is 2.17. The van der Waals surface area contributed by atoms with Crippen LogP contribution in [-0.4, -0.2) is 42.4 Å². The molecule has 0 fully saturated rings. The van der Waals surface area contributed by atoms with Crippen molar-refractivity contribution >= 4 is 27.7 Å². The number of rotatable bonds is 11. The molecule has 2 aromatic heterocycles. The molecule has 5 aromatic rings. The van der Waals surface area contributed by atoms with Gasteiger partial charge in [0.15, 0.2) is 16.9 Å². The Balaban J connectivity index is 1.27. The molecule has 11 heteroatoms. The van der Waals surface area contributed by atoms with Crippen molar-refractivity contribution in [1.82, 2.24) is 9.55 Å². The number of ether oxygens (including phenoxy) is 4. The van der Waals surface area contributed by atoms with Gasteiger partial charge in [-0.3, -0.25) is 14.9 Å². The molecule has 0 saturated carbocycles. The molecule has 0 atom stereocenters. The first-order chi connectivity index (χ1) is 19.4. The zero-order valence-electron chi connectivity index (χ0n) is 22.2. The van der Waals surface area contributed by atoms with Crippen LogP contribution in [0.2, 0.25) is 0 Å². The van der Waals surface area contributed by atoms with Gasteiger partial charge in [-0.2, -0.15) is 0 Å². The number of nitro benzene ring substituents is 1. The fourth-order valence-electron chi connectivity index (χ4n) is 4.51. The van der Waals surface area contributed by atoms with Gasteiger partial charge in [-0.15, -0.1) is 0 Å². The summed E-state index contributed by atoms with van der Waals surface area (Å²) in [5.74, 6) is 2.27. The number of non-ortho nitro benzene ring substituents is 1. The summed E-state index contributed by atoms with van der Waals surface area (Å²) in [5.41, 5.74) is 2.27. The second-order valence-corrected chi connectivity index (χ2v) is 8.97. The Morgan fingerprint density at radius 3 is 2.42 bits per heavy atom. The van der Waals surface area contributed by atoms with Crippen molar-refractivity contribution < 1.29 is 28.3 Å². The zero-order valence-corrected chi connectivity index (χ0v) is 22.2. The lowest BCUT2D eigenvalue weighted by Gasteiger charge is -2.14. The van der Waals surface area contributed by atoms with E-state index in [1.165, 1.54) is 39.5 Å². The van der Waals surface area contributed by atoms with E-state index in [4.69, 9.17) is 23.4 Å². The number of methoxy groups -OCH3 is 3. The number of hydrogen-bond acceptors (Lipinski definition) is 9. The van der Waals surface area contributed by atoms with Crippen molar-refractivity contribution in [1.29, 1.82) is 0 Å². The number of aromatic nitrogens is 2. The van der Waals surface area contributed by atoms with Gasteiger partial charge in [-0.25, -0.2) is 4.98 Å². The molecule has 0 saturated heterocycles. The van der Waals surface area contributed by atoms with Crippen molar-refractivity contribution in [2.45, 2.75) is 19.4 Å². The summed E-state index contributed by atoms with van der Waals surface area (Å²) >= 11 is 0. The molecule has 0 aliphatic rings. The van der Waals surface area contributed by atoms with Gasteiger partial charge in [0.05, 0.1) is 55.6 Å². The fraction of sp³-hybridized carbons (Fsp3) is 0.241. The smallest absolute Gasteiger partial charge is 0.271 e. The van der Waals surface area contributed by atoms with E-state index in [2.05, 4.69) is 4.98 Å². The number of nitro groups is 1. The van der Waals surface area contributed by atoms with Crippen LogP contribution in [0.1, 0.15) is 12.8 Å². The monoisotopic (exact) mass is 545 g/mol. The number of unbranched alkanes of at least 4 members (excludes halogenated alkanes) is 1. The molecule has 40 heavy (non-hydrogen) atoms. The van der Waals surface area contributed by atoms with Gasteiger partial charge in [-0.05, 0) is 43.2 Å². The number of aryl methyl sites for hydroxylation is 1. The van der Waals surface area contributed by atoms with E-state index in [0.717, 1.165) is 18.4 Å². The molecule has 0 N–H and O–H groups in total. The van der Waals surface area contributed by atoms with E-state index in [9.17, 15) is 14.9 Å². The molecule has 0 unspecified atom stereocenters. The van der Waals surface area contributed by atoms with Crippen LogP contribution in [0.5, 0.6) is 23.0 Å². The molecule has 3 aromatic carbocycles. The summed E-state index contributed by atoms with van der Waals surface area (Å²) < 4.78 is 30.2. The van der Waals surface area contributed by atoms with E-state index in [1.807, 2.05) is 4.57 Å². The van der Waals surface area contributed by atoms with Crippen LogP contribution < -0.4 is 24.4 Å². The number of imidazole rings is 1. The van der Waals surface area contributed by atoms with Gasteiger partial charge in [0.25, 0.3) is 5.69 Å². The van der Waals surface area contributed by atoms with Crippen LogP contribution >= 0.6 is 0 Å². The minimum atomic E-state index is -0.429. The molecule has 2 heterocycles. The molecule has 0 amide bonds. The normalized spacial score (nSPS) is 11.1. The molecule has 11 nitrogen and oxygen atoms in total. The highest BCUT2D eigenvalue weighted by atomic mass is 16.6. The minimum Gasteiger partial charge on any atom is -0.493 e. The number of hydrogen-bond donors (Lipinski definition) is 0. The van der Waals surface area contributed by atoms with Crippen LogP contribution in [0.25, 0.3) is 33.3 Å². The molecule has 0 spiro atoms. The quantitative estimate of drug-likeness (QED) is 0.118. The van der Waals surface area contributed by atoms with Crippen LogP contribution in [0.4, 0.5) is 5.69 Å². The predicted molar refractivity (Wildman–Crippen MR) is 149 cm³/mol. The molecule has 0 radical (unpaired) electrons. The molecule has 0 aliphatic heterocycles. The first-order valence-corrected chi connectivity index (χ1v) is 12.5. The summed E-state index contributed by atoms with van der Waals surface area (Å²) in [7, 11) is 4.56. The lowest BCUT2D eigenvalue weighted by Crippen LogP contribution is -2.03. The van der Waals surface area contributed by atoms with E-state index < -0.39 is 4.92 Å². The maximum absolute atomic E-state index is 12.8. The maximum Gasteiger partial charge on any atom is 0.271 e. The second-order valence-electron chi connectivity index (χ2n) is 8.97. The summed E-state index contributed by atoms with van der Waals surface area (Å²) in [4.78, 5) is 27.7. The summed E-state index contributed by atoms with van der Waals surface area (Å²) in [6.45, 7) is 1.16. The van der Waals surface area contributed by atoms with Crippen molar-refractivity contribution in [3.05, 3.63) is 81.3 Å². The topological polar surface area (TPSA) is 128 Å². The van der Waals surface area contributed by atoms with Crippen molar-refractivity contribution in [2.75, 3.05) is 27.9 Å². The Bertz CT molecular complexity index is 1730. The Kier molecular flexibility index (Phi) is 7.54. The van der Waals surface area contributed by atoms with Gasteiger partial charge in [0, 0.05) is 36.4 Å². The van der Waals surface area contributed by atoms with E-state index >= 15 is 0 Å². The second kappa shape index (κ2) is 11.4. The number of benzene rings is 3. The van der Waals surface area contributed by atoms with E-state index in [1.54, 1.807) is 42.7 Å². The third-order valence-electron chi connectivity index (χ3n) is 6.53. The van der Waals surface area contributed by atoms with Gasteiger partial charge >= 0.3 is 0 Å². The fourth-order valence-corrected chi connectivity index (χ4v) is 4.51. The molecule has 0 aliphatic carbocycles. The third-order valence-corrected chi connectivity index (χ3v) is 6.53. The molecule has 0 bridgehead atoms. The number of fused-ring (bicyclic) bond motifs is 2. The van der Waals surface area contributed by atoms with E-state index in [0.29, 0.717) is 64.0 Å². The molecule has 5 rings (SSSR count). The SMILES string of the molecule is COc1cc(-c2cc(=O)c3ccc(OCCCCn4cnc5cc([N+](=O)[O-])ccc54)cc3o2)cc(OC)c1OC. The minimum absolute atomic E-state index is 0.0212. The standard InChI is InChI=1S/C29H27N3O8/c1-36-27-12-18(13-28(37-2)29(27)38-3)25-16-24(33)21-8-7-20(15-26(21)40-25)39-11-5-4-10-31-17-30-22-14-19(32(34)35)6-9-23(22)31/h6-9,12-17H,4-5,10-11H2,1-3H3. The third kappa shape index (κ3) is 5.26. The van der Waals surface area contributed by atoms with Gasteiger partial charge < -0.3 is 27.9 Å². The van der Waals surface area contributed by atoms with Crippen molar-refractivity contribution in [3.63, 3.8) is 0 Å². The number of nitrogens with zero attached hydrogens (tertiary/aromatic N) is 3. The molecule has 206 valence electrons. The summed E-state index contributed by atoms with van der Waals surface area (Å²) in [5, 5.41) is 11.4.